The summed E-state index contributed by atoms with van der Waals surface area (Å²) in [6.07, 6.45) is 3.27. The Labute approximate surface area is 149 Å². The minimum Gasteiger partial charge on any atom is -0.371 e. The molecule has 0 saturated carbocycles. The maximum Gasteiger partial charge on any atom is 0.249 e. The molecule has 0 unspecified atom stereocenters. The van der Waals surface area contributed by atoms with E-state index in [9.17, 15) is 13.2 Å². The lowest BCUT2D eigenvalue weighted by molar-refractivity contribution is -0.130. The number of amides is 1. The maximum absolute atomic E-state index is 12.1. The molecule has 3 rings (SSSR count). The Balaban J connectivity index is 1.52. The third kappa shape index (κ3) is 4.33. The highest BCUT2D eigenvalue weighted by molar-refractivity contribution is 7.91. The Morgan fingerprint density at radius 3 is 2.44 bits per heavy atom. The molecular formula is C18H26N2O4S. The van der Waals surface area contributed by atoms with E-state index in [2.05, 4.69) is 10.2 Å². The number of ether oxygens (including phenoxy) is 1. The van der Waals surface area contributed by atoms with Gasteiger partial charge < -0.3 is 15.0 Å². The van der Waals surface area contributed by atoms with Crippen LogP contribution in [0.3, 0.4) is 0 Å². The lowest BCUT2D eigenvalue weighted by Crippen LogP contribution is -2.47. The van der Waals surface area contributed by atoms with Gasteiger partial charge in [0.1, 0.15) is 6.10 Å². The first-order valence-electron chi connectivity index (χ1n) is 8.99. The fraction of sp³-hybridized carbons (Fsp3) is 0.611. The monoisotopic (exact) mass is 366 g/mol. The molecule has 1 N–H and O–H groups in total. The molecule has 0 bridgehead atoms. The Morgan fingerprint density at radius 2 is 1.88 bits per heavy atom. The molecule has 7 heteroatoms. The molecule has 2 aliphatic heterocycles. The van der Waals surface area contributed by atoms with Crippen LogP contribution in [0.5, 0.6) is 0 Å². The summed E-state index contributed by atoms with van der Waals surface area (Å²) in [7, 11) is -3.15. The average molecular weight is 366 g/mol. The van der Waals surface area contributed by atoms with Gasteiger partial charge in [0.15, 0.2) is 9.84 Å². The molecule has 138 valence electrons. The molecule has 1 amide bonds. The van der Waals surface area contributed by atoms with Crippen molar-refractivity contribution < 1.29 is 17.9 Å². The number of nitrogens with zero attached hydrogens (tertiary/aromatic N) is 1. The number of sulfone groups is 1. The number of benzene rings is 1. The highest BCUT2D eigenvalue weighted by Crippen LogP contribution is 2.23. The number of piperidine rings is 1. The van der Waals surface area contributed by atoms with Gasteiger partial charge in [-0.2, -0.15) is 0 Å². The summed E-state index contributed by atoms with van der Waals surface area (Å²) in [5.74, 6) is 0.132. The van der Waals surface area contributed by atoms with E-state index in [1.165, 1.54) is 0 Å². The zero-order valence-corrected chi connectivity index (χ0v) is 15.4. The van der Waals surface area contributed by atoms with Crippen LogP contribution < -0.4 is 10.2 Å². The first-order chi connectivity index (χ1) is 12.0. The summed E-state index contributed by atoms with van der Waals surface area (Å²) in [5.41, 5.74) is 1.03. The van der Waals surface area contributed by atoms with Gasteiger partial charge in [-0.25, -0.2) is 8.42 Å². The number of anilines is 1. The molecule has 0 aliphatic carbocycles. The van der Waals surface area contributed by atoms with Gasteiger partial charge in [-0.15, -0.1) is 0 Å². The van der Waals surface area contributed by atoms with Crippen LogP contribution in [0.25, 0.3) is 0 Å². The average Bonchev–Trinajstić information content (AvgIpc) is 3.17. The summed E-state index contributed by atoms with van der Waals surface area (Å²) < 4.78 is 29.2. The number of hydrogen-bond donors (Lipinski definition) is 1. The third-order valence-corrected chi connectivity index (χ3v) is 6.75. The van der Waals surface area contributed by atoms with E-state index in [0.29, 0.717) is 11.5 Å². The second kappa shape index (κ2) is 7.74. The topological polar surface area (TPSA) is 75.7 Å². The number of rotatable bonds is 5. The number of hydrogen-bond acceptors (Lipinski definition) is 5. The lowest BCUT2D eigenvalue weighted by Gasteiger charge is -2.34. The van der Waals surface area contributed by atoms with Gasteiger partial charge in [0, 0.05) is 31.4 Å². The molecule has 2 heterocycles. The van der Waals surface area contributed by atoms with Crippen molar-refractivity contribution in [1.29, 1.82) is 0 Å². The van der Waals surface area contributed by atoms with Crippen LogP contribution in [0.1, 0.15) is 32.6 Å². The molecule has 0 aromatic heterocycles. The van der Waals surface area contributed by atoms with Crippen molar-refractivity contribution in [3.05, 3.63) is 24.3 Å². The molecule has 1 aromatic rings. The summed E-state index contributed by atoms with van der Waals surface area (Å²) in [6.45, 7) is 4.02. The molecule has 2 aliphatic rings. The van der Waals surface area contributed by atoms with Crippen molar-refractivity contribution in [3.63, 3.8) is 0 Å². The molecule has 6 nitrogen and oxygen atoms in total. The quantitative estimate of drug-likeness (QED) is 0.859. The van der Waals surface area contributed by atoms with E-state index in [0.717, 1.165) is 44.5 Å². The summed E-state index contributed by atoms with van der Waals surface area (Å²) >= 11 is 0. The fourth-order valence-electron chi connectivity index (χ4n) is 3.39. The zero-order chi connectivity index (χ0) is 17.9. The van der Waals surface area contributed by atoms with Crippen molar-refractivity contribution in [2.24, 2.45) is 0 Å². The fourth-order valence-corrected chi connectivity index (χ4v) is 4.28. The van der Waals surface area contributed by atoms with Gasteiger partial charge in [-0.1, -0.05) is 6.92 Å². The van der Waals surface area contributed by atoms with Crippen LogP contribution in [0, 0.1) is 0 Å². The number of nitrogens with one attached hydrogen (secondary N) is 1. The van der Waals surface area contributed by atoms with Gasteiger partial charge >= 0.3 is 0 Å². The first kappa shape index (κ1) is 18.2. The summed E-state index contributed by atoms with van der Waals surface area (Å²) in [4.78, 5) is 14.7. The minimum atomic E-state index is -3.15. The Morgan fingerprint density at radius 1 is 1.20 bits per heavy atom. The molecule has 2 fully saturated rings. The highest BCUT2D eigenvalue weighted by atomic mass is 32.2. The molecule has 1 atom stereocenters. The van der Waals surface area contributed by atoms with Crippen LogP contribution in [-0.4, -0.2) is 51.9 Å². The van der Waals surface area contributed by atoms with E-state index in [1.54, 1.807) is 19.1 Å². The van der Waals surface area contributed by atoms with Gasteiger partial charge in [0.2, 0.25) is 5.91 Å². The first-order valence-corrected chi connectivity index (χ1v) is 10.6. The number of carbonyl (C=O) groups is 1. The smallest absolute Gasteiger partial charge is 0.249 e. The Kier molecular flexibility index (Phi) is 5.64. The predicted molar refractivity (Wildman–Crippen MR) is 96.5 cm³/mol. The molecule has 1 aromatic carbocycles. The van der Waals surface area contributed by atoms with Crippen LogP contribution in [0.15, 0.2) is 29.2 Å². The highest BCUT2D eigenvalue weighted by Gasteiger charge is 2.27. The van der Waals surface area contributed by atoms with Gasteiger partial charge in [0.25, 0.3) is 0 Å². The van der Waals surface area contributed by atoms with Gasteiger partial charge in [-0.3, -0.25) is 4.79 Å². The van der Waals surface area contributed by atoms with E-state index in [1.807, 2.05) is 12.1 Å². The number of carbonyl (C=O) groups excluding carboxylic acids is 1. The summed E-state index contributed by atoms with van der Waals surface area (Å²) in [6, 6.07) is 7.29. The third-order valence-electron chi connectivity index (χ3n) is 5.00. The van der Waals surface area contributed by atoms with Crippen molar-refractivity contribution in [2.45, 2.75) is 49.6 Å². The minimum absolute atomic E-state index is 0.0186. The van der Waals surface area contributed by atoms with Gasteiger partial charge in [0.05, 0.1) is 10.6 Å². The Bertz CT molecular complexity index is 688. The van der Waals surface area contributed by atoms with Crippen molar-refractivity contribution in [3.8, 4) is 0 Å². The van der Waals surface area contributed by atoms with Crippen LogP contribution in [-0.2, 0) is 19.4 Å². The van der Waals surface area contributed by atoms with Crippen LogP contribution >= 0.6 is 0 Å². The standard InChI is InChI=1S/C18H26N2O4S/c1-2-25(22,23)16-7-5-15(6-8-16)20-11-9-14(10-12-20)19-18(21)17-4-3-13-24-17/h5-8,14,17H,2-4,9-13H2,1H3,(H,19,21)/t17-/m1/s1. The maximum atomic E-state index is 12.1. The second-order valence-corrected chi connectivity index (χ2v) is 8.95. The van der Waals surface area contributed by atoms with E-state index in [4.69, 9.17) is 4.74 Å². The molecule has 2 saturated heterocycles. The molecular weight excluding hydrogens is 340 g/mol. The lowest BCUT2D eigenvalue weighted by atomic mass is 10.0. The van der Waals surface area contributed by atoms with Crippen molar-refractivity contribution >= 4 is 21.4 Å². The van der Waals surface area contributed by atoms with Crippen molar-refractivity contribution in [2.75, 3.05) is 30.3 Å². The van der Waals surface area contributed by atoms with Gasteiger partial charge in [-0.05, 0) is 49.9 Å². The molecule has 25 heavy (non-hydrogen) atoms. The Hall–Kier alpha value is -1.60. The van der Waals surface area contributed by atoms with Crippen molar-refractivity contribution in [1.82, 2.24) is 5.32 Å². The summed E-state index contributed by atoms with van der Waals surface area (Å²) in [5, 5.41) is 3.10. The molecule has 0 radical (unpaired) electrons. The molecule has 0 spiro atoms. The van der Waals surface area contributed by atoms with E-state index in [-0.39, 0.29) is 23.8 Å². The van der Waals surface area contributed by atoms with E-state index < -0.39 is 9.84 Å². The predicted octanol–water partition coefficient (Wildman–Crippen LogP) is 1.74. The second-order valence-electron chi connectivity index (χ2n) is 6.67. The normalized spacial score (nSPS) is 22.1. The van der Waals surface area contributed by atoms with E-state index >= 15 is 0 Å². The van der Waals surface area contributed by atoms with Crippen LogP contribution in [0.2, 0.25) is 0 Å². The van der Waals surface area contributed by atoms with Crippen LogP contribution in [0.4, 0.5) is 5.69 Å². The largest absolute Gasteiger partial charge is 0.371 e. The zero-order valence-electron chi connectivity index (χ0n) is 14.6. The SMILES string of the molecule is CCS(=O)(=O)c1ccc(N2CCC(NC(=O)[C@H]3CCCO3)CC2)cc1.